The summed E-state index contributed by atoms with van der Waals surface area (Å²) in [5.41, 5.74) is 0.459. The molecule has 13 heteroatoms. The molecule has 2 amide bonds. The summed E-state index contributed by atoms with van der Waals surface area (Å²) in [5, 5.41) is 13.0. The van der Waals surface area contributed by atoms with Gasteiger partial charge in [-0.25, -0.2) is 13.7 Å². The first-order chi connectivity index (χ1) is 16.4. The zero-order valence-electron chi connectivity index (χ0n) is 17.8. The van der Waals surface area contributed by atoms with Crippen molar-refractivity contribution in [3.63, 3.8) is 0 Å². The largest absolute Gasteiger partial charge is 0.497 e. The zero-order chi connectivity index (χ0) is 24.0. The molecule has 3 aromatic rings. The number of halogens is 2. The number of rotatable bonds is 6. The number of nitrogens with zero attached hydrogens (tertiary/aromatic N) is 6. The fourth-order valence-electron chi connectivity index (χ4n) is 3.78. The smallest absolute Gasteiger partial charge is 0.263 e. The molecular weight excluding hydrogens is 454 g/mol. The Bertz CT molecular complexity index is 1330. The lowest BCUT2D eigenvalue weighted by Crippen LogP contribution is -2.39. The van der Waals surface area contributed by atoms with Crippen molar-refractivity contribution < 1.29 is 32.4 Å². The van der Waals surface area contributed by atoms with Crippen molar-refractivity contribution >= 4 is 17.5 Å². The van der Waals surface area contributed by atoms with Crippen LogP contribution in [-0.4, -0.2) is 53.3 Å². The molecule has 11 nitrogen and oxygen atoms in total. The van der Waals surface area contributed by atoms with E-state index in [4.69, 9.17) is 14.0 Å². The van der Waals surface area contributed by atoms with Crippen LogP contribution in [0.2, 0.25) is 0 Å². The number of carbonyl (C=O) groups is 2. The van der Waals surface area contributed by atoms with Gasteiger partial charge in [-0.1, -0.05) is 10.4 Å². The number of benzene rings is 2. The fourth-order valence-corrected chi connectivity index (χ4v) is 3.78. The Morgan fingerprint density at radius 1 is 1.03 bits per heavy atom. The lowest BCUT2D eigenvalue weighted by atomic mass is 10.1. The van der Waals surface area contributed by atoms with Crippen molar-refractivity contribution in [1.29, 1.82) is 0 Å². The topological polar surface area (TPSA) is 123 Å². The van der Waals surface area contributed by atoms with Gasteiger partial charge in [-0.15, -0.1) is 0 Å². The van der Waals surface area contributed by atoms with Gasteiger partial charge >= 0.3 is 0 Å². The predicted molar refractivity (Wildman–Crippen MR) is 110 cm³/mol. The molecule has 1 saturated heterocycles. The maximum absolute atomic E-state index is 13.7. The first-order valence-electron chi connectivity index (χ1n) is 9.96. The van der Waals surface area contributed by atoms with E-state index in [9.17, 15) is 18.4 Å². The third-order valence-electron chi connectivity index (χ3n) is 5.43. The van der Waals surface area contributed by atoms with Crippen molar-refractivity contribution in [2.75, 3.05) is 19.1 Å². The third-order valence-corrected chi connectivity index (χ3v) is 5.43. The molecule has 2 aliphatic rings. The number of hydrogen-bond acceptors (Lipinski definition) is 10. The highest BCUT2D eigenvalue weighted by Gasteiger charge is 2.55. The van der Waals surface area contributed by atoms with E-state index in [0.717, 1.165) is 23.1 Å². The molecular formula is C21H16F2N6O5. The number of ether oxygens (including phenoxy) is 2. The number of anilines is 1. The summed E-state index contributed by atoms with van der Waals surface area (Å²) in [6, 6.07) is 5.64. The number of fused-ring (bicyclic) bond motifs is 1. The normalized spacial score (nSPS) is 19.2. The number of carbonyl (C=O) groups excluding carboxylic acids is 2. The van der Waals surface area contributed by atoms with Crippen LogP contribution >= 0.6 is 0 Å². The molecule has 1 aromatic heterocycles. The monoisotopic (exact) mass is 470 g/mol. The Morgan fingerprint density at radius 2 is 1.85 bits per heavy atom. The summed E-state index contributed by atoms with van der Waals surface area (Å²) in [7, 11) is 3.02. The van der Waals surface area contributed by atoms with Gasteiger partial charge in [-0.2, -0.15) is 10.1 Å². The second-order valence-corrected chi connectivity index (χ2v) is 7.38. The Balaban J connectivity index is 1.37. The molecule has 2 aromatic carbocycles. The quantitative estimate of drug-likeness (QED) is 0.504. The maximum Gasteiger partial charge on any atom is 0.263 e. The van der Waals surface area contributed by atoms with Crippen molar-refractivity contribution in [2.24, 2.45) is 10.3 Å². The summed E-state index contributed by atoms with van der Waals surface area (Å²) >= 11 is 0. The van der Waals surface area contributed by atoms with Gasteiger partial charge in [0.25, 0.3) is 11.8 Å². The average molecular weight is 470 g/mol. The molecule has 0 bridgehead atoms. The summed E-state index contributed by atoms with van der Waals surface area (Å²) < 4.78 is 42.8. The van der Waals surface area contributed by atoms with E-state index in [2.05, 4.69) is 20.5 Å². The van der Waals surface area contributed by atoms with Crippen molar-refractivity contribution in [3.05, 3.63) is 53.9 Å². The van der Waals surface area contributed by atoms with Crippen LogP contribution in [-0.2, 0) is 16.1 Å². The molecule has 0 N–H and O–H groups in total. The van der Waals surface area contributed by atoms with Crippen LogP contribution in [0.1, 0.15) is 5.89 Å². The Morgan fingerprint density at radius 3 is 2.59 bits per heavy atom. The summed E-state index contributed by atoms with van der Waals surface area (Å²) in [6.45, 7) is -0.110. The lowest BCUT2D eigenvalue weighted by molar-refractivity contribution is -0.123. The predicted octanol–water partition coefficient (Wildman–Crippen LogP) is 2.53. The highest BCUT2D eigenvalue weighted by molar-refractivity contribution is 6.25. The SMILES string of the molecule is COc1ccc(-c2noc(CN3N=N[C@H]4C(=O)N(c5ccc(F)c(F)c5)C(=O)[C@H]43)n2)c(OC)c1. The molecule has 0 aliphatic carbocycles. The van der Waals surface area contributed by atoms with Gasteiger partial charge in [0, 0.05) is 12.1 Å². The fraction of sp³-hybridized carbons (Fsp3) is 0.238. The molecule has 2 atom stereocenters. The number of hydrogen-bond donors (Lipinski definition) is 0. The van der Waals surface area contributed by atoms with Crippen LogP contribution in [0.4, 0.5) is 14.5 Å². The minimum absolute atomic E-state index is 0.0925. The maximum atomic E-state index is 13.7. The molecule has 0 saturated carbocycles. The van der Waals surface area contributed by atoms with Crippen LogP contribution in [0, 0.1) is 11.6 Å². The van der Waals surface area contributed by atoms with Crippen LogP contribution in [0.15, 0.2) is 51.3 Å². The minimum atomic E-state index is -1.18. The molecule has 1 fully saturated rings. The molecule has 3 heterocycles. The second kappa shape index (κ2) is 8.17. The van der Waals surface area contributed by atoms with Crippen LogP contribution in [0.5, 0.6) is 11.5 Å². The van der Waals surface area contributed by atoms with Crippen molar-refractivity contribution in [3.8, 4) is 22.9 Å². The summed E-state index contributed by atoms with van der Waals surface area (Å²) in [6.07, 6.45) is 0. The van der Waals surface area contributed by atoms with Crippen molar-refractivity contribution in [1.82, 2.24) is 15.1 Å². The van der Waals surface area contributed by atoms with Crippen LogP contribution in [0.3, 0.4) is 0 Å². The van der Waals surface area contributed by atoms with Gasteiger partial charge < -0.3 is 14.0 Å². The molecule has 34 heavy (non-hydrogen) atoms. The van der Waals surface area contributed by atoms with Crippen LogP contribution in [0.25, 0.3) is 11.4 Å². The Labute approximate surface area is 190 Å². The molecule has 0 radical (unpaired) electrons. The standard InChI is InChI=1S/C21H16F2N6O5/c1-32-11-4-5-12(15(8-11)33-2)19-24-16(34-26-19)9-28-18-17(25-27-28)20(30)29(21(18)31)10-3-6-13(22)14(23)7-10/h3-8,17-18H,9H2,1-2H3/t17-,18+/m1/s1. The molecule has 2 aliphatic heterocycles. The number of imide groups is 1. The second-order valence-electron chi connectivity index (χ2n) is 7.38. The number of amides is 2. The Kier molecular flexibility index (Phi) is 5.15. The van der Waals surface area contributed by atoms with Gasteiger partial charge in [-0.05, 0) is 24.3 Å². The minimum Gasteiger partial charge on any atom is -0.497 e. The van der Waals surface area contributed by atoms with E-state index in [0.29, 0.717) is 17.1 Å². The van der Waals surface area contributed by atoms with Gasteiger partial charge in [0.2, 0.25) is 11.7 Å². The van der Waals surface area contributed by atoms with Crippen LogP contribution < -0.4 is 14.4 Å². The molecule has 0 spiro atoms. The van der Waals surface area contributed by atoms with E-state index in [1.165, 1.54) is 19.2 Å². The van der Waals surface area contributed by atoms with E-state index in [1.807, 2.05) is 0 Å². The highest BCUT2D eigenvalue weighted by Crippen LogP contribution is 2.34. The third kappa shape index (κ3) is 3.41. The number of aromatic nitrogens is 2. The van der Waals surface area contributed by atoms with E-state index in [-0.39, 0.29) is 23.9 Å². The average Bonchev–Trinajstić information content (AvgIpc) is 3.53. The first-order valence-corrected chi connectivity index (χ1v) is 9.96. The van der Waals surface area contributed by atoms with Gasteiger partial charge in [0.05, 0.1) is 25.5 Å². The van der Waals surface area contributed by atoms with Gasteiger partial charge in [0.15, 0.2) is 23.7 Å². The number of methoxy groups -OCH3 is 2. The summed E-state index contributed by atoms with van der Waals surface area (Å²) in [4.78, 5) is 30.8. The zero-order valence-corrected chi connectivity index (χ0v) is 17.8. The highest BCUT2D eigenvalue weighted by atomic mass is 19.2. The van der Waals surface area contributed by atoms with Gasteiger partial charge in [-0.3, -0.25) is 14.6 Å². The molecule has 174 valence electrons. The lowest BCUT2D eigenvalue weighted by Gasteiger charge is -2.19. The van der Waals surface area contributed by atoms with E-state index >= 15 is 0 Å². The first kappa shape index (κ1) is 21.4. The molecule has 5 rings (SSSR count). The molecule has 0 unspecified atom stereocenters. The van der Waals surface area contributed by atoms with E-state index < -0.39 is 35.5 Å². The Hall–Kier alpha value is -4.42. The van der Waals surface area contributed by atoms with Crippen molar-refractivity contribution in [2.45, 2.75) is 18.6 Å². The van der Waals surface area contributed by atoms with E-state index in [1.54, 1.807) is 18.2 Å². The summed E-state index contributed by atoms with van der Waals surface area (Å²) in [5.74, 6) is -2.25. The van der Waals surface area contributed by atoms with Gasteiger partial charge in [0.1, 0.15) is 18.0 Å².